The molecule has 0 unspecified atom stereocenters. The predicted molar refractivity (Wildman–Crippen MR) is 99.8 cm³/mol. The lowest BCUT2D eigenvalue weighted by Crippen LogP contribution is -2.46. The van der Waals surface area contributed by atoms with Crippen LogP contribution in [0.3, 0.4) is 0 Å². The van der Waals surface area contributed by atoms with Gasteiger partial charge in [-0.05, 0) is 32.4 Å². The van der Waals surface area contributed by atoms with E-state index in [0.29, 0.717) is 26.1 Å². The van der Waals surface area contributed by atoms with Crippen molar-refractivity contribution in [2.24, 2.45) is 5.92 Å². The molecule has 0 aromatic heterocycles. The SMILES string of the molecule is CN(C(=O)CN1CCC(C(=O)c2ccccc2)CC1)[C@H]1CCS(=O)(=O)C1. The Morgan fingerprint density at radius 2 is 1.77 bits per heavy atom. The van der Waals surface area contributed by atoms with Crippen molar-refractivity contribution >= 4 is 21.5 Å². The molecule has 0 spiro atoms. The summed E-state index contributed by atoms with van der Waals surface area (Å²) >= 11 is 0. The van der Waals surface area contributed by atoms with Crippen LogP contribution in [-0.2, 0) is 14.6 Å². The second kappa shape index (κ2) is 7.88. The number of hydrogen-bond donors (Lipinski definition) is 0. The summed E-state index contributed by atoms with van der Waals surface area (Å²) in [6.07, 6.45) is 2.03. The molecule has 2 fully saturated rings. The first-order chi connectivity index (χ1) is 12.4. The van der Waals surface area contributed by atoms with Crippen LogP contribution < -0.4 is 0 Å². The molecule has 142 valence electrons. The van der Waals surface area contributed by atoms with Gasteiger partial charge < -0.3 is 4.90 Å². The molecule has 0 N–H and O–H groups in total. The maximum Gasteiger partial charge on any atom is 0.236 e. The van der Waals surface area contributed by atoms with Crippen molar-refractivity contribution in [3.8, 4) is 0 Å². The lowest BCUT2D eigenvalue weighted by Gasteiger charge is -2.33. The van der Waals surface area contributed by atoms with Gasteiger partial charge in [0.05, 0.1) is 18.1 Å². The molecule has 0 radical (unpaired) electrons. The molecule has 0 aliphatic carbocycles. The van der Waals surface area contributed by atoms with Gasteiger partial charge in [0, 0.05) is 24.6 Å². The Morgan fingerprint density at radius 3 is 2.35 bits per heavy atom. The number of benzene rings is 1. The van der Waals surface area contributed by atoms with Crippen LogP contribution in [0.4, 0.5) is 0 Å². The van der Waals surface area contributed by atoms with E-state index in [9.17, 15) is 18.0 Å². The van der Waals surface area contributed by atoms with Crippen molar-refractivity contribution in [3.05, 3.63) is 35.9 Å². The standard InChI is InChI=1S/C19H26N2O4S/c1-20(17-9-12-26(24,25)14-17)18(22)13-21-10-7-16(8-11-21)19(23)15-5-3-2-4-6-15/h2-6,16-17H,7-14H2,1H3/t17-/m0/s1. The Labute approximate surface area is 155 Å². The molecule has 6 nitrogen and oxygen atoms in total. The summed E-state index contributed by atoms with van der Waals surface area (Å²) in [5.41, 5.74) is 0.754. The number of hydrogen-bond acceptors (Lipinski definition) is 5. The molecule has 3 rings (SSSR count). The Kier molecular flexibility index (Phi) is 5.77. The van der Waals surface area contributed by atoms with Gasteiger partial charge in [-0.2, -0.15) is 0 Å². The van der Waals surface area contributed by atoms with E-state index in [1.165, 1.54) is 0 Å². The Morgan fingerprint density at radius 1 is 1.12 bits per heavy atom. The fraction of sp³-hybridized carbons (Fsp3) is 0.579. The number of amides is 1. The molecule has 26 heavy (non-hydrogen) atoms. The topological polar surface area (TPSA) is 74.8 Å². The van der Waals surface area contributed by atoms with Gasteiger partial charge in [0.25, 0.3) is 0 Å². The van der Waals surface area contributed by atoms with Crippen LogP contribution in [0.2, 0.25) is 0 Å². The number of nitrogens with zero attached hydrogens (tertiary/aromatic N) is 2. The average molecular weight is 378 g/mol. The van der Waals surface area contributed by atoms with E-state index in [0.717, 1.165) is 18.4 Å². The highest BCUT2D eigenvalue weighted by molar-refractivity contribution is 7.91. The number of likely N-dealkylation sites (tertiary alicyclic amines) is 1. The second-order valence-corrected chi connectivity index (χ2v) is 9.57. The highest BCUT2D eigenvalue weighted by Gasteiger charge is 2.33. The van der Waals surface area contributed by atoms with E-state index in [1.807, 2.05) is 30.3 Å². The maximum atomic E-state index is 12.5. The lowest BCUT2D eigenvalue weighted by atomic mass is 9.89. The van der Waals surface area contributed by atoms with Gasteiger partial charge in [0.2, 0.25) is 5.91 Å². The van der Waals surface area contributed by atoms with Gasteiger partial charge in [0.15, 0.2) is 15.6 Å². The van der Waals surface area contributed by atoms with Crippen LogP contribution in [0.1, 0.15) is 29.6 Å². The molecular weight excluding hydrogens is 352 g/mol. The minimum atomic E-state index is -3.00. The molecule has 2 aliphatic heterocycles. The number of carbonyl (C=O) groups excluding carboxylic acids is 2. The quantitative estimate of drug-likeness (QED) is 0.721. The van der Waals surface area contributed by atoms with Gasteiger partial charge in [-0.15, -0.1) is 0 Å². The summed E-state index contributed by atoms with van der Waals surface area (Å²) in [7, 11) is -1.30. The summed E-state index contributed by atoms with van der Waals surface area (Å²) in [5, 5.41) is 0. The number of sulfone groups is 1. The van der Waals surface area contributed by atoms with Gasteiger partial charge in [-0.1, -0.05) is 30.3 Å². The molecule has 2 aliphatic rings. The molecule has 2 heterocycles. The summed E-state index contributed by atoms with van der Waals surface area (Å²) in [4.78, 5) is 28.6. The van der Waals surface area contributed by atoms with E-state index in [1.54, 1.807) is 11.9 Å². The molecule has 7 heteroatoms. The van der Waals surface area contributed by atoms with E-state index in [-0.39, 0.29) is 35.2 Å². The largest absolute Gasteiger partial charge is 0.341 e. The summed E-state index contributed by atoms with van der Waals surface area (Å²) < 4.78 is 23.2. The van der Waals surface area contributed by atoms with E-state index >= 15 is 0 Å². The number of piperidine rings is 1. The number of Topliss-reactive ketones (excluding diaryl/α,β-unsaturated/α-hetero) is 1. The third-order valence-corrected chi connectivity index (χ3v) is 7.28. The smallest absolute Gasteiger partial charge is 0.236 e. The number of ketones is 1. The third kappa shape index (κ3) is 4.51. The van der Waals surface area contributed by atoms with Crippen molar-refractivity contribution in [3.63, 3.8) is 0 Å². The van der Waals surface area contributed by atoms with Crippen molar-refractivity contribution in [2.75, 3.05) is 38.2 Å². The predicted octanol–water partition coefficient (Wildman–Crippen LogP) is 1.23. The number of carbonyl (C=O) groups is 2. The van der Waals surface area contributed by atoms with Gasteiger partial charge in [-0.25, -0.2) is 8.42 Å². The third-order valence-electron chi connectivity index (χ3n) is 5.53. The average Bonchev–Trinajstić information content (AvgIpc) is 3.01. The van der Waals surface area contributed by atoms with Crippen LogP contribution in [0.15, 0.2) is 30.3 Å². The molecule has 1 atom stereocenters. The number of likely N-dealkylation sites (N-methyl/N-ethyl adjacent to an activating group) is 1. The molecule has 1 aromatic carbocycles. The highest BCUT2D eigenvalue weighted by atomic mass is 32.2. The first kappa shape index (κ1) is 19.0. The van der Waals surface area contributed by atoms with Gasteiger partial charge in [-0.3, -0.25) is 14.5 Å². The minimum Gasteiger partial charge on any atom is -0.341 e. The molecule has 0 bridgehead atoms. The van der Waals surface area contributed by atoms with Crippen LogP contribution in [0.25, 0.3) is 0 Å². The number of rotatable bonds is 5. The molecule has 1 aromatic rings. The van der Waals surface area contributed by atoms with Crippen LogP contribution in [0.5, 0.6) is 0 Å². The second-order valence-electron chi connectivity index (χ2n) is 7.34. The Hall–Kier alpha value is -1.73. The fourth-order valence-corrected chi connectivity index (χ4v) is 5.55. The molecular formula is C19H26N2O4S. The van der Waals surface area contributed by atoms with Crippen LogP contribution in [-0.4, -0.2) is 74.1 Å². The van der Waals surface area contributed by atoms with E-state index in [2.05, 4.69) is 4.90 Å². The van der Waals surface area contributed by atoms with Crippen molar-refractivity contribution in [1.82, 2.24) is 9.80 Å². The summed E-state index contributed by atoms with van der Waals surface area (Å²) in [6.45, 7) is 1.72. The monoisotopic (exact) mass is 378 g/mol. The van der Waals surface area contributed by atoms with E-state index in [4.69, 9.17) is 0 Å². The highest BCUT2D eigenvalue weighted by Crippen LogP contribution is 2.22. The zero-order chi connectivity index (χ0) is 18.7. The molecule has 1 amide bonds. The Bertz CT molecular complexity index is 755. The lowest BCUT2D eigenvalue weighted by molar-refractivity contribution is -0.133. The fourth-order valence-electron chi connectivity index (χ4n) is 3.78. The first-order valence-corrected chi connectivity index (χ1v) is 11.0. The first-order valence-electron chi connectivity index (χ1n) is 9.13. The molecule has 2 saturated heterocycles. The summed E-state index contributed by atoms with van der Waals surface area (Å²) in [6, 6.07) is 9.15. The van der Waals surface area contributed by atoms with Crippen LogP contribution >= 0.6 is 0 Å². The normalized spacial score (nSPS) is 23.7. The van der Waals surface area contributed by atoms with E-state index < -0.39 is 9.84 Å². The minimum absolute atomic E-state index is 0.0152. The van der Waals surface area contributed by atoms with Crippen molar-refractivity contribution < 1.29 is 18.0 Å². The van der Waals surface area contributed by atoms with Crippen molar-refractivity contribution in [2.45, 2.75) is 25.3 Å². The zero-order valence-corrected chi connectivity index (χ0v) is 16.0. The van der Waals surface area contributed by atoms with Gasteiger partial charge >= 0.3 is 0 Å². The Balaban J connectivity index is 1.48. The molecule has 0 saturated carbocycles. The summed E-state index contributed by atoms with van der Waals surface area (Å²) in [5.74, 6) is 0.400. The van der Waals surface area contributed by atoms with Crippen molar-refractivity contribution in [1.29, 1.82) is 0 Å². The van der Waals surface area contributed by atoms with Crippen LogP contribution in [0, 0.1) is 5.92 Å². The maximum absolute atomic E-state index is 12.5. The van der Waals surface area contributed by atoms with Gasteiger partial charge in [0.1, 0.15) is 0 Å². The zero-order valence-electron chi connectivity index (χ0n) is 15.1.